The molecule has 138 valence electrons. The molecule has 0 radical (unpaired) electrons. The van der Waals surface area contributed by atoms with Gasteiger partial charge in [0.2, 0.25) is 6.79 Å². The molecule has 0 bridgehead atoms. The summed E-state index contributed by atoms with van der Waals surface area (Å²) in [5, 5.41) is 3.68. The lowest BCUT2D eigenvalue weighted by molar-refractivity contribution is 0.0600. The Hall–Kier alpha value is -2.47. The number of rotatable bonds is 2. The monoisotopic (exact) mass is 427 g/mol. The molecular formula is C21H18BrNO4. The van der Waals surface area contributed by atoms with Gasteiger partial charge in [0.1, 0.15) is 0 Å². The van der Waals surface area contributed by atoms with E-state index in [0.29, 0.717) is 11.5 Å². The van der Waals surface area contributed by atoms with E-state index >= 15 is 0 Å². The van der Waals surface area contributed by atoms with Crippen molar-refractivity contribution in [1.82, 2.24) is 0 Å². The number of halogens is 1. The van der Waals surface area contributed by atoms with Crippen LogP contribution >= 0.6 is 15.9 Å². The van der Waals surface area contributed by atoms with Crippen LogP contribution in [0.4, 0.5) is 5.69 Å². The van der Waals surface area contributed by atoms with E-state index in [1.54, 1.807) is 0 Å². The molecule has 2 aliphatic heterocycles. The van der Waals surface area contributed by atoms with Crippen molar-refractivity contribution in [1.29, 1.82) is 0 Å². The number of fused-ring (bicyclic) bond motifs is 4. The van der Waals surface area contributed by atoms with Gasteiger partial charge in [-0.15, -0.1) is 0 Å². The first-order valence-electron chi connectivity index (χ1n) is 8.90. The summed E-state index contributed by atoms with van der Waals surface area (Å²) in [6.45, 7) is 0.260. The van der Waals surface area contributed by atoms with Gasteiger partial charge in [-0.05, 0) is 53.8 Å². The minimum absolute atomic E-state index is 0.130. The molecule has 1 aliphatic carbocycles. The summed E-state index contributed by atoms with van der Waals surface area (Å²) in [5.41, 5.74) is 3.93. The quantitative estimate of drug-likeness (QED) is 0.551. The first-order valence-corrected chi connectivity index (χ1v) is 9.69. The number of allylic oxidation sites excluding steroid dienone is 2. The first kappa shape index (κ1) is 16.7. The minimum atomic E-state index is -0.308. The first-order chi connectivity index (χ1) is 13.2. The predicted octanol–water partition coefficient (Wildman–Crippen LogP) is 4.79. The highest BCUT2D eigenvalue weighted by Crippen LogP contribution is 2.52. The molecule has 0 aromatic heterocycles. The fourth-order valence-electron chi connectivity index (χ4n) is 4.32. The Morgan fingerprint density at radius 3 is 2.81 bits per heavy atom. The standard InChI is InChI=1S/C21H18BrNO4/c1-25-21(24)11-5-6-17-14(7-11)12-3-2-4-13(12)20(23-17)15-8-18-19(9-16(15)22)27-10-26-18/h2-3,5-9,12-13,20,23H,4,10H2,1H3/t12-,13+,20-/m1/s1. The molecule has 0 unspecified atom stereocenters. The average molecular weight is 428 g/mol. The summed E-state index contributed by atoms with van der Waals surface area (Å²) in [6.07, 6.45) is 5.45. The zero-order valence-corrected chi connectivity index (χ0v) is 16.3. The average Bonchev–Trinajstić information content (AvgIpc) is 3.35. The number of carbonyl (C=O) groups excluding carboxylic acids is 1. The molecule has 3 atom stereocenters. The van der Waals surface area contributed by atoms with Crippen molar-refractivity contribution in [2.45, 2.75) is 18.4 Å². The molecule has 6 heteroatoms. The van der Waals surface area contributed by atoms with Crippen LogP contribution in [-0.4, -0.2) is 19.9 Å². The molecule has 0 fully saturated rings. The number of hydrogen-bond acceptors (Lipinski definition) is 5. The molecule has 0 spiro atoms. The maximum absolute atomic E-state index is 11.9. The number of carbonyl (C=O) groups is 1. The Morgan fingerprint density at radius 1 is 1.19 bits per heavy atom. The van der Waals surface area contributed by atoms with Crippen LogP contribution in [0.5, 0.6) is 11.5 Å². The Labute approximate surface area is 165 Å². The number of nitrogens with one attached hydrogen (secondary N) is 1. The Kier molecular flexibility index (Phi) is 3.90. The molecule has 1 N–H and O–H groups in total. The maximum Gasteiger partial charge on any atom is 0.337 e. The number of esters is 1. The van der Waals surface area contributed by atoms with E-state index in [9.17, 15) is 4.79 Å². The maximum atomic E-state index is 11.9. The second-order valence-electron chi connectivity index (χ2n) is 7.00. The van der Waals surface area contributed by atoms with Crippen LogP contribution in [0.25, 0.3) is 0 Å². The van der Waals surface area contributed by atoms with Gasteiger partial charge in [0.25, 0.3) is 0 Å². The zero-order valence-electron chi connectivity index (χ0n) is 14.7. The highest BCUT2D eigenvalue weighted by molar-refractivity contribution is 9.10. The number of hydrogen-bond donors (Lipinski definition) is 1. The highest BCUT2D eigenvalue weighted by Gasteiger charge is 2.39. The normalized spacial score (nSPS) is 24.1. The van der Waals surface area contributed by atoms with E-state index in [-0.39, 0.29) is 24.7 Å². The molecule has 5 nitrogen and oxygen atoms in total. The van der Waals surface area contributed by atoms with Gasteiger partial charge in [-0.1, -0.05) is 28.1 Å². The minimum Gasteiger partial charge on any atom is -0.465 e. The summed E-state index contributed by atoms with van der Waals surface area (Å²) in [6, 6.07) is 9.90. The van der Waals surface area contributed by atoms with Gasteiger partial charge in [-0.25, -0.2) is 4.79 Å². The van der Waals surface area contributed by atoms with Crippen LogP contribution in [0, 0.1) is 5.92 Å². The second kappa shape index (κ2) is 6.30. The molecule has 2 heterocycles. The van der Waals surface area contributed by atoms with E-state index in [1.165, 1.54) is 7.11 Å². The summed E-state index contributed by atoms with van der Waals surface area (Å²) in [7, 11) is 1.41. The van der Waals surface area contributed by atoms with E-state index in [2.05, 4.69) is 39.5 Å². The van der Waals surface area contributed by atoms with Gasteiger partial charge in [0, 0.05) is 16.1 Å². The van der Waals surface area contributed by atoms with Crippen LogP contribution in [0.1, 0.15) is 39.9 Å². The van der Waals surface area contributed by atoms with Crippen LogP contribution in [0.15, 0.2) is 47.0 Å². The molecular weight excluding hydrogens is 410 g/mol. The van der Waals surface area contributed by atoms with Crippen molar-refractivity contribution in [2.75, 3.05) is 19.2 Å². The Morgan fingerprint density at radius 2 is 2.00 bits per heavy atom. The topological polar surface area (TPSA) is 56.8 Å². The van der Waals surface area contributed by atoms with Crippen molar-refractivity contribution in [3.8, 4) is 11.5 Å². The summed E-state index contributed by atoms with van der Waals surface area (Å²) in [5.74, 6) is 1.86. The Balaban J connectivity index is 1.57. The molecule has 0 saturated heterocycles. The number of anilines is 1. The van der Waals surface area contributed by atoms with Crippen molar-refractivity contribution in [2.24, 2.45) is 5.92 Å². The Bertz CT molecular complexity index is 971. The van der Waals surface area contributed by atoms with Crippen molar-refractivity contribution >= 4 is 27.6 Å². The van der Waals surface area contributed by atoms with Gasteiger partial charge >= 0.3 is 5.97 Å². The lowest BCUT2D eigenvalue weighted by atomic mass is 9.76. The van der Waals surface area contributed by atoms with Crippen LogP contribution < -0.4 is 14.8 Å². The lowest BCUT2D eigenvalue weighted by Gasteiger charge is -2.38. The molecule has 0 saturated carbocycles. The van der Waals surface area contributed by atoms with Crippen LogP contribution in [-0.2, 0) is 4.74 Å². The fourth-order valence-corrected chi connectivity index (χ4v) is 4.89. The smallest absolute Gasteiger partial charge is 0.337 e. The van der Waals surface area contributed by atoms with Crippen molar-refractivity contribution in [3.05, 3.63) is 63.6 Å². The van der Waals surface area contributed by atoms with Gasteiger partial charge in [0.15, 0.2) is 11.5 Å². The van der Waals surface area contributed by atoms with E-state index in [1.807, 2.05) is 24.3 Å². The van der Waals surface area contributed by atoms with E-state index in [4.69, 9.17) is 14.2 Å². The molecule has 3 aliphatic rings. The molecule has 5 rings (SSSR count). The molecule has 0 amide bonds. The number of methoxy groups -OCH3 is 1. The number of ether oxygens (including phenoxy) is 3. The van der Waals surface area contributed by atoms with Gasteiger partial charge in [-0.2, -0.15) is 0 Å². The summed E-state index contributed by atoms with van der Waals surface area (Å²) in [4.78, 5) is 11.9. The fraction of sp³-hybridized carbons (Fsp3) is 0.286. The van der Waals surface area contributed by atoms with Crippen LogP contribution in [0.2, 0.25) is 0 Å². The van der Waals surface area contributed by atoms with Gasteiger partial charge in [-0.3, -0.25) is 0 Å². The summed E-state index contributed by atoms with van der Waals surface area (Å²) < 4.78 is 16.9. The summed E-state index contributed by atoms with van der Waals surface area (Å²) >= 11 is 3.71. The lowest BCUT2D eigenvalue weighted by Crippen LogP contribution is -2.29. The van der Waals surface area contributed by atoms with Crippen LogP contribution in [0.3, 0.4) is 0 Å². The van der Waals surface area contributed by atoms with Crippen molar-refractivity contribution in [3.63, 3.8) is 0 Å². The SMILES string of the molecule is COC(=O)c1ccc2c(c1)[C@@H]1C=CC[C@@H]1[C@H](c1cc3c(cc1Br)OCO3)N2. The van der Waals surface area contributed by atoms with E-state index < -0.39 is 0 Å². The largest absolute Gasteiger partial charge is 0.465 e. The second-order valence-corrected chi connectivity index (χ2v) is 7.85. The number of benzene rings is 2. The van der Waals surface area contributed by atoms with Crippen molar-refractivity contribution < 1.29 is 19.0 Å². The van der Waals surface area contributed by atoms with Gasteiger partial charge in [0.05, 0.1) is 18.7 Å². The van der Waals surface area contributed by atoms with Gasteiger partial charge < -0.3 is 19.5 Å². The highest BCUT2D eigenvalue weighted by atomic mass is 79.9. The molecule has 2 aromatic carbocycles. The predicted molar refractivity (Wildman–Crippen MR) is 104 cm³/mol. The van der Waals surface area contributed by atoms with E-state index in [0.717, 1.165) is 39.2 Å². The third-order valence-electron chi connectivity index (χ3n) is 5.61. The molecule has 27 heavy (non-hydrogen) atoms. The third kappa shape index (κ3) is 2.62. The molecule has 2 aromatic rings. The zero-order chi connectivity index (χ0) is 18.5. The third-order valence-corrected chi connectivity index (χ3v) is 6.30.